The first-order valence-electron chi connectivity index (χ1n) is 7.68. The molecule has 2 aromatic rings. The summed E-state index contributed by atoms with van der Waals surface area (Å²) in [6.07, 6.45) is 1.43. The van der Waals surface area contributed by atoms with E-state index in [1.165, 1.54) is 0 Å². The van der Waals surface area contributed by atoms with Crippen molar-refractivity contribution in [2.24, 2.45) is 0 Å². The summed E-state index contributed by atoms with van der Waals surface area (Å²) in [7, 11) is -3.06. The molecular weight excluding hydrogens is 293 g/mol. The maximum atomic E-state index is 14.3. The van der Waals surface area contributed by atoms with Gasteiger partial charge >= 0.3 is 0 Å². The van der Waals surface area contributed by atoms with Gasteiger partial charge in [-0.2, -0.15) is 0 Å². The van der Waals surface area contributed by atoms with Gasteiger partial charge in [-0.3, -0.25) is 0 Å². The monoisotopic (exact) mass is 314 g/mol. The van der Waals surface area contributed by atoms with Crippen LogP contribution in [-0.4, -0.2) is 16.4 Å². The number of hydroxylamine groups is 2. The van der Waals surface area contributed by atoms with Gasteiger partial charge in [0.2, 0.25) is 0 Å². The van der Waals surface area contributed by atoms with Gasteiger partial charge in [0, 0.05) is 16.7 Å². The van der Waals surface area contributed by atoms with Gasteiger partial charge in [-0.05, 0) is 26.7 Å². The SMILES string of the molecule is CC1CCC(C)(P(=O)(c2ccccc2)c2ccccc2)N1[O]. The molecule has 0 bridgehead atoms. The fourth-order valence-electron chi connectivity index (χ4n) is 3.46. The molecule has 0 N–H and O–H groups in total. The zero-order valence-corrected chi connectivity index (χ0v) is 13.9. The Morgan fingerprint density at radius 2 is 1.45 bits per heavy atom. The Labute approximate surface area is 131 Å². The molecule has 2 atom stereocenters. The van der Waals surface area contributed by atoms with E-state index in [9.17, 15) is 9.77 Å². The fraction of sp³-hybridized carbons (Fsp3) is 0.333. The largest absolute Gasteiger partial charge is 0.312 e. The molecule has 4 heteroatoms. The predicted octanol–water partition coefficient (Wildman–Crippen LogP) is 3.55. The van der Waals surface area contributed by atoms with Crippen molar-refractivity contribution < 1.29 is 9.77 Å². The van der Waals surface area contributed by atoms with E-state index in [-0.39, 0.29) is 6.04 Å². The molecule has 0 amide bonds. The molecule has 1 radical (unpaired) electrons. The molecule has 22 heavy (non-hydrogen) atoms. The van der Waals surface area contributed by atoms with E-state index in [0.717, 1.165) is 22.1 Å². The molecule has 3 rings (SSSR count). The van der Waals surface area contributed by atoms with Crippen molar-refractivity contribution in [3.8, 4) is 0 Å². The third-order valence-corrected chi connectivity index (χ3v) is 8.66. The van der Waals surface area contributed by atoms with Crippen LogP contribution in [0.25, 0.3) is 0 Å². The maximum absolute atomic E-state index is 14.3. The Morgan fingerprint density at radius 3 is 1.82 bits per heavy atom. The molecular formula is C18H21NO2P. The van der Waals surface area contributed by atoms with E-state index in [1.807, 2.05) is 74.5 Å². The minimum atomic E-state index is -3.06. The van der Waals surface area contributed by atoms with Crippen molar-refractivity contribution in [1.82, 2.24) is 5.06 Å². The van der Waals surface area contributed by atoms with Crippen LogP contribution in [0, 0.1) is 0 Å². The minimum Gasteiger partial charge on any atom is -0.312 e. The van der Waals surface area contributed by atoms with Crippen LogP contribution < -0.4 is 10.6 Å². The summed E-state index contributed by atoms with van der Waals surface area (Å²) < 4.78 is 14.3. The average Bonchev–Trinajstić information content (AvgIpc) is 2.84. The molecule has 1 aliphatic heterocycles. The lowest BCUT2D eigenvalue weighted by atomic mass is 10.2. The van der Waals surface area contributed by atoms with Crippen LogP contribution >= 0.6 is 7.14 Å². The Kier molecular flexibility index (Phi) is 3.98. The summed E-state index contributed by atoms with van der Waals surface area (Å²) >= 11 is 0. The van der Waals surface area contributed by atoms with E-state index in [4.69, 9.17) is 0 Å². The first kappa shape index (κ1) is 15.5. The van der Waals surface area contributed by atoms with Crippen LogP contribution in [0.1, 0.15) is 26.7 Å². The Morgan fingerprint density at radius 1 is 1.00 bits per heavy atom. The van der Waals surface area contributed by atoms with Crippen molar-refractivity contribution in [2.75, 3.05) is 0 Å². The highest BCUT2D eigenvalue weighted by Gasteiger charge is 2.55. The molecule has 0 aromatic heterocycles. The van der Waals surface area contributed by atoms with E-state index < -0.39 is 12.4 Å². The van der Waals surface area contributed by atoms with Crippen LogP contribution in [0.15, 0.2) is 60.7 Å². The zero-order valence-electron chi connectivity index (χ0n) is 13.0. The van der Waals surface area contributed by atoms with Crippen LogP contribution in [0.4, 0.5) is 0 Å². The topological polar surface area (TPSA) is 40.2 Å². The van der Waals surface area contributed by atoms with Crippen molar-refractivity contribution in [2.45, 2.75) is 38.0 Å². The van der Waals surface area contributed by atoms with Gasteiger partial charge in [0.15, 0.2) is 7.14 Å². The van der Waals surface area contributed by atoms with E-state index in [2.05, 4.69) is 0 Å². The second-order valence-corrected chi connectivity index (χ2v) is 9.43. The third kappa shape index (κ3) is 2.16. The van der Waals surface area contributed by atoms with Crippen LogP contribution in [0.3, 0.4) is 0 Å². The Balaban J connectivity index is 2.24. The smallest absolute Gasteiger partial charge is 0.164 e. The predicted molar refractivity (Wildman–Crippen MR) is 89.4 cm³/mol. The minimum absolute atomic E-state index is 0.0919. The molecule has 0 spiro atoms. The number of rotatable bonds is 3. The summed E-state index contributed by atoms with van der Waals surface area (Å²) in [5.41, 5.74) is 0. The average molecular weight is 314 g/mol. The van der Waals surface area contributed by atoms with Crippen molar-refractivity contribution in [3.05, 3.63) is 60.7 Å². The molecule has 2 unspecified atom stereocenters. The lowest BCUT2D eigenvalue weighted by Crippen LogP contribution is -2.45. The highest BCUT2D eigenvalue weighted by molar-refractivity contribution is 7.80. The fourth-order valence-corrected chi connectivity index (χ4v) is 6.98. The molecule has 3 nitrogen and oxygen atoms in total. The van der Waals surface area contributed by atoms with Gasteiger partial charge in [0.1, 0.15) is 5.28 Å². The van der Waals surface area contributed by atoms with Gasteiger partial charge in [-0.1, -0.05) is 60.7 Å². The zero-order chi connectivity index (χ0) is 15.8. The summed E-state index contributed by atoms with van der Waals surface area (Å²) in [5.74, 6) is 0. The molecule has 1 aliphatic rings. The van der Waals surface area contributed by atoms with E-state index in [0.29, 0.717) is 6.42 Å². The van der Waals surface area contributed by atoms with Gasteiger partial charge < -0.3 is 4.57 Å². The molecule has 1 heterocycles. The first-order chi connectivity index (χ1) is 10.5. The normalized spacial score (nSPS) is 26.2. The Hall–Kier alpha value is -1.41. The molecule has 2 aromatic carbocycles. The van der Waals surface area contributed by atoms with Crippen molar-refractivity contribution in [3.63, 3.8) is 0 Å². The third-order valence-electron chi connectivity index (χ3n) is 4.83. The Bertz CT molecular complexity index is 645. The number of nitrogens with zero attached hydrogens (tertiary/aromatic N) is 1. The highest BCUT2D eigenvalue weighted by atomic mass is 31.2. The molecule has 1 fully saturated rings. The number of benzene rings is 2. The number of hydrogen-bond acceptors (Lipinski definition) is 2. The van der Waals surface area contributed by atoms with Crippen molar-refractivity contribution in [1.29, 1.82) is 0 Å². The lowest BCUT2D eigenvalue weighted by Gasteiger charge is -2.38. The summed E-state index contributed by atoms with van der Waals surface area (Å²) in [4.78, 5) is 0. The molecule has 0 aliphatic carbocycles. The molecule has 115 valence electrons. The van der Waals surface area contributed by atoms with Crippen LogP contribution in [-0.2, 0) is 9.77 Å². The van der Waals surface area contributed by atoms with Gasteiger partial charge in [-0.25, -0.2) is 0 Å². The second-order valence-electron chi connectivity index (χ2n) is 6.21. The van der Waals surface area contributed by atoms with Gasteiger partial charge in [0.05, 0.1) is 0 Å². The number of hydrogen-bond donors (Lipinski definition) is 0. The van der Waals surface area contributed by atoms with E-state index in [1.54, 1.807) is 0 Å². The highest BCUT2D eigenvalue weighted by Crippen LogP contribution is 2.62. The van der Waals surface area contributed by atoms with Crippen LogP contribution in [0.2, 0.25) is 0 Å². The van der Waals surface area contributed by atoms with Gasteiger partial charge in [0.25, 0.3) is 0 Å². The van der Waals surface area contributed by atoms with Crippen LogP contribution in [0.5, 0.6) is 0 Å². The summed E-state index contributed by atoms with van der Waals surface area (Å²) in [6.45, 7) is 3.78. The lowest BCUT2D eigenvalue weighted by molar-refractivity contribution is -0.198. The van der Waals surface area contributed by atoms with E-state index >= 15 is 0 Å². The second kappa shape index (κ2) is 5.66. The molecule has 1 saturated heterocycles. The first-order valence-corrected chi connectivity index (χ1v) is 9.39. The summed E-state index contributed by atoms with van der Waals surface area (Å²) in [5, 5.41) is 14.5. The van der Waals surface area contributed by atoms with Gasteiger partial charge in [-0.15, -0.1) is 10.3 Å². The molecule has 0 saturated carbocycles. The van der Waals surface area contributed by atoms with Crippen molar-refractivity contribution >= 4 is 17.8 Å². The standard InChI is InChI=1S/C18H21NO2P/c1-15-13-14-18(2,19(15)20)22(21,16-9-5-3-6-10-16)17-11-7-4-8-12-17/h3-12,15H,13-14H2,1-2H3. The summed E-state index contributed by atoms with van der Waals surface area (Å²) in [6, 6.07) is 18.8. The maximum Gasteiger partial charge on any atom is 0.164 e. The quantitative estimate of drug-likeness (QED) is 0.813.